The van der Waals surface area contributed by atoms with E-state index < -0.39 is 6.04 Å². The van der Waals surface area contributed by atoms with Gasteiger partial charge in [-0.2, -0.15) is 0 Å². The van der Waals surface area contributed by atoms with Crippen molar-refractivity contribution in [3.05, 3.63) is 35.9 Å². The van der Waals surface area contributed by atoms with Gasteiger partial charge in [0.2, 0.25) is 5.91 Å². The molecule has 3 atom stereocenters. The molecule has 1 aliphatic heterocycles. The third-order valence-electron chi connectivity index (χ3n) is 3.71. The lowest BCUT2D eigenvalue weighted by Gasteiger charge is -2.17. The van der Waals surface area contributed by atoms with Crippen molar-refractivity contribution in [2.24, 2.45) is 11.7 Å². The van der Waals surface area contributed by atoms with Gasteiger partial charge in [0.1, 0.15) is 0 Å². The number of hydrogen-bond donors (Lipinski definition) is 2. The highest BCUT2D eigenvalue weighted by molar-refractivity contribution is 5.81. The van der Waals surface area contributed by atoms with E-state index in [0.717, 1.165) is 18.6 Å². The molecule has 0 radical (unpaired) electrons. The monoisotopic (exact) mass is 262 g/mol. The molecule has 1 aromatic rings. The number of ether oxygens (including phenoxy) is 1. The molecule has 4 heteroatoms. The van der Waals surface area contributed by atoms with Crippen LogP contribution in [-0.4, -0.2) is 31.2 Å². The van der Waals surface area contributed by atoms with E-state index in [1.807, 2.05) is 37.3 Å². The van der Waals surface area contributed by atoms with Crippen molar-refractivity contribution in [3.63, 3.8) is 0 Å². The largest absolute Gasteiger partial charge is 0.378 e. The summed E-state index contributed by atoms with van der Waals surface area (Å²) in [6.07, 6.45) is 1.81. The fraction of sp³-hybridized carbons (Fsp3) is 0.533. The Morgan fingerprint density at radius 1 is 1.47 bits per heavy atom. The Bertz CT molecular complexity index is 408. The number of nitrogens with one attached hydrogen (secondary N) is 1. The molecule has 0 aromatic heterocycles. The molecule has 1 fully saturated rings. The first-order valence-corrected chi connectivity index (χ1v) is 6.85. The summed E-state index contributed by atoms with van der Waals surface area (Å²) in [6.45, 7) is 3.49. The maximum atomic E-state index is 11.9. The molecule has 4 nitrogen and oxygen atoms in total. The summed E-state index contributed by atoms with van der Waals surface area (Å²) >= 11 is 0. The number of carbonyl (C=O) groups excluding carboxylic acids is 1. The molecule has 0 saturated carbocycles. The minimum Gasteiger partial charge on any atom is -0.378 e. The summed E-state index contributed by atoms with van der Waals surface area (Å²) in [5.41, 5.74) is 7.01. The van der Waals surface area contributed by atoms with E-state index in [2.05, 4.69) is 5.32 Å². The van der Waals surface area contributed by atoms with Gasteiger partial charge >= 0.3 is 0 Å². The second-order valence-corrected chi connectivity index (χ2v) is 5.17. The average Bonchev–Trinajstić information content (AvgIpc) is 2.82. The van der Waals surface area contributed by atoms with E-state index >= 15 is 0 Å². The van der Waals surface area contributed by atoms with Crippen LogP contribution < -0.4 is 11.1 Å². The van der Waals surface area contributed by atoms with E-state index in [4.69, 9.17) is 10.5 Å². The van der Waals surface area contributed by atoms with E-state index in [-0.39, 0.29) is 12.0 Å². The third-order valence-corrected chi connectivity index (χ3v) is 3.71. The Kier molecular flexibility index (Phi) is 4.93. The first kappa shape index (κ1) is 14.0. The summed E-state index contributed by atoms with van der Waals surface area (Å²) in [4.78, 5) is 11.9. The van der Waals surface area contributed by atoms with Crippen molar-refractivity contribution < 1.29 is 9.53 Å². The molecule has 0 bridgehead atoms. The van der Waals surface area contributed by atoms with Gasteiger partial charge in [-0.15, -0.1) is 0 Å². The lowest BCUT2D eigenvalue weighted by molar-refractivity contribution is -0.122. The first-order chi connectivity index (χ1) is 9.16. The van der Waals surface area contributed by atoms with Gasteiger partial charge in [-0.1, -0.05) is 30.3 Å². The van der Waals surface area contributed by atoms with Crippen molar-refractivity contribution in [3.8, 4) is 0 Å². The Morgan fingerprint density at radius 3 is 2.84 bits per heavy atom. The topological polar surface area (TPSA) is 64.3 Å². The molecule has 1 aromatic carbocycles. The molecule has 1 saturated heterocycles. The Balaban J connectivity index is 1.76. The van der Waals surface area contributed by atoms with Crippen molar-refractivity contribution in [1.82, 2.24) is 5.32 Å². The van der Waals surface area contributed by atoms with Crippen LogP contribution >= 0.6 is 0 Å². The molecular weight excluding hydrogens is 240 g/mol. The Morgan fingerprint density at radius 2 is 2.21 bits per heavy atom. The number of rotatable bonds is 5. The molecule has 1 aliphatic rings. The highest BCUT2D eigenvalue weighted by atomic mass is 16.5. The minimum absolute atomic E-state index is 0.0806. The predicted octanol–water partition coefficient (Wildman–Crippen LogP) is 1.10. The molecule has 19 heavy (non-hydrogen) atoms. The highest BCUT2D eigenvalue weighted by Gasteiger charge is 2.25. The van der Waals surface area contributed by atoms with Crippen molar-refractivity contribution >= 4 is 5.91 Å². The molecule has 1 amide bonds. The smallest absolute Gasteiger partial charge is 0.237 e. The fourth-order valence-electron chi connectivity index (χ4n) is 2.37. The van der Waals surface area contributed by atoms with Crippen LogP contribution in [0, 0.1) is 5.92 Å². The van der Waals surface area contributed by atoms with Crippen LogP contribution in [0.2, 0.25) is 0 Å². The average molecular weight is 262 g/mol. The standard InChI is InChI=1S/C15H22N2O2/c1-11-13(7-8-19-11)10-17-15(18)14(16)9-12-5-3-2-4-6-12/h2-6,11,13-14H,7-10,16H2,1H3,(H,17,18)/t11?,13?,14-/m0/s1. The first-order valence-electron chi connectivity index (χ1n) is 6.85. The zero-order chi connectivity index (χ0) is 13.7. The van der Waals surface area contributed by atoms with Gasteiger partial charge in [-0.3, -0.25) is 4.79 Å². The van der Waals surface area contributed by atoms with Crippen molar-refractivity contribution in [2.45, 2.75) is 31.9 Å². The maximum Gasteiger partial charge on any atom is 0.237 e. The molecule has 0 spiro atoms. The predicted molar refractivity (Wildman–Crippen MR) is 74.7 cm³/mol. The van der Waals surface area contributed by atoms with E-state index in [1.54, 1.807) is 0 Å². The van der Waals surface area contributed by atoms with E-state index in [1.165, 1.54) is 0 Å². The van der Waals surface area contributed by atoms with Crippen LogP contribution in [-0.2, 0) is 16.0 Å². The van der Waals surface area contributed by atoms with Gasteiger partial charge in [0.05, 0.1) is 12.1 Å². The summed E-state index contributed by atoms with van der Waals surface area (Å²) in [6, 6.07) is 9.35. The van der Waals surface area contributed by atoms with Crippen LogP contribution in [0.5, 0.6) is 0 Å². The lowest BCUT2D eigenvalue weighted by atomic mass is 10.0. The molecule has 0 aliphatic carbocycles. The van der Waals surface area contributed by atoms with Crippen LogP contribution in [0.25, 0.3) is 0 Å². The second kappa shape index (κ2) is 6.68. The van der Waals surface area contributed by atoms with Crippen LogP contribution in [0.3, 0.4) is 0 Å². The number of carbonyl (C=O) groups is 1. The van der Waals surface area contributed by atoms with Crippen LogP contribution in [0.4, 0.5) is 0 Å². The van der Waals surface area contributed by atoms with Gasteiger partial charge < -0.3 is 15.8 Å². The zero-order valence-corrected chi connectivity index (χ0v) is 11.3. The molecule has 1 heterocycles. The third kappa shape index (κ3) is 4.04. The van der Waals surface area contributed by atoms with Gasteiger partial charge in [0.15, 0.2) is 0 Å². The van der Waals surface area contributed by atoms with Crippen molar-refractivity contribution in [2.75, 3.05) is 13.2 Å². The summed E-state index contributed by atoms with van der Waals surface area (Å²) in [5.74, 6) is 0.329. The highest BCUT2D eigenvalue weighted by Crippen LogP contribution is 2.19. The minimum atomic E-state index is -0.486. The van der Waals surface area contributed by atoms with Gasteiger partial charge in [0.25, 0.3) is 0 Å². The van der Waals surface area contributed by atoms with Gasteiger partial charge in [0, 0.05) is 19.1 Å². The number of hydrogen-bond acceptors (Lipinski definition) is 3. The Labute approximate surface area is 114 Å². The molecule has 104 valence electrons. The molecule has 3 N–H and O–H groups in total. The van der Waals surface area contributed by atoms with Crippen LogP contribution in [0.1, 0.15) is 18.9 Å². The summed E-state index contributed by atoms with van der Waals surface area (Å²) in [5, 5.41) is 2.93. The van der Waals surface area contributed by atoms with Gasteiger partial charge in [-0.25, -0.2) is 0 Å². The zero-order valence-electron chi connectivity index (χ0n) is 11.3. The summed E-state index contributed by atoms with van der Waals surface area (Å²) < 4.78 is 5.47. The van der Waals surface area contributed by atoms with Gasteiger partial charge in [-0.05, 0) is 25.3 Å². The SMILES string of the molecule is CC1OCCC1CNC(=O)[C@@H](N)Cc1ccccc1. The lowest BCUT2D eigenvalue weighted by Crippen LogP contribution is -2.44. The molecule has 2 rings (SSSR count). The van der Waals surface area contributed by atoms with E-state index in [9.17, 15) is 4.79 Å². The summed E-state index contributed by atoms with van der Waals surface area (Å²) in [7, 11) is 0. The van der Waals surface area contributed by atoms with Crippen molar-refractivity contribution in [1.29, 1.82) is 0 Å². The van der Waals surface area contributed by atoms with E-state index in [0.29, 0.717) is 18.9 Å². The Hall–Kier alpha value is -1.39. The number of nitrogens with two attached hydrogens (primary N) is 1. The molecular formula is C15H22N2O2. The van der Waals surface area contributed by atoms with Crippen LogP contribution in [0.15, 0.2) is 30.3 Å². The normalized spacial score (nSPS) is 24.1. The maximum absolute atomic E-state index is 11.9. The number of amides is 1. The quantitative estimate of drug-likeness (QED) is 0.835. The number of benzene rings is 1. The fourth-order valence-corrected chi connectivity index (χ4v) is 2.37. The molecule has 2 unspecified atom stereocenters. The second-order valence-electron chi connectivity index (χ2n) is 5.17.